The van der Waals surface area contributed by atoms with E-state index in [0.717, 1.165) is 0 Å². The van der Waals surface area contributed by atoms with Crippen LogP contribution in [0.2, 0.25) is 0 Å². The van der Waals surface area contributed by atoms with E-state index in [-0.39, 0.29) is 10.8 Å². The summed E-state index contributed by atoms with van der Waals surface area (Å²) in [4.78, 5) is 23.1. The third-order valence-corrected chi connectivity index (χ3v) is 3.78. The molecule has 2 rings (SSSR count). The minimum Gasteiger partial charge on any atom is -0.326 e. The summed E-state index contributed by atoms with van der Waals surface area (Å²) in [7, 11) is -3.84. The lowest BCUT2D eigenvalue weighted by atomic mass is 10.2. The van der Waals surface area contributed by atoms with E-state index in [2.05, 4.69) is 10.6 Å². The highest BCUT2D eigenvalue weighted by molar-refractivity contribution is 7.89. The summed E-state index contributed by atoms with van der Waals surface area (Å²) in [6, 6.07) is 12.0. The molecule has 0 saturated carbocycles. The van der Waals surface area contributed by atoms with Crippen molar-refractivity contribution in [3.8, 4) is 0 Å². The van der Waals surface area contributed by atoms with Crippen molar-refractivity contribution in [2.75, 3.05) is 10.6 Å². The van der Waals surface area contributed by atoms with Crippen LogP contribution in [0.15, 0.2) is 53.4 Å². The summed E-state index contributed by atoms with van der Waals surface area (Å²) in [6.45, 7) is 1.37. The van der Waals surface area contributed by atoms with Gasteiger partial charge in [-0.05, 0) is 36.4 Å². The molecule has 0 heterocycles. The molecule has 0 aliphatic carbocycles. The van der Waals surface area contributed by atoms with Crippen LogP contribution in [0.4, 0.5) is 11.4 Å². The second kappa shape index (κ2) is 6.59. The Morgan fingerprint density at radius 1 is 0.957 bits per heavy atom. The van der Waals surface area contributed by atoms with Gasteiger partial charge in [0.05, 0.1) is 4.90 Å². The molecular weight excluding hydrogens is 318 g/mol. The van der Waals surface area contributed by atoms with Crippen LogP contribution in [0.3, 0.4) is 0 Å². The first kappa shape index (κ1) is 16.7. The van der Waals surface area contributed by atoms with Crippen molar-refractivity contribution in [3.63, 3.8) is 0 Å². The molecule has 23 heavy (non-hydrogen) atoms. The molecule has 2 aromatic rings. The Labute approximate surface area is 133 Å². The van der Waals surface area contributed by atoms with E-state index in [9.17, 15) is 18.0 Å². The molecular formula is C15H15N3O4S. The first-order valence-electron chi connectivity index (χ1n) is 6.57. The Morgan fingerprint density at radius 3 is 2.17 bits per heavy atom. The predicted octanol–water partition coefficient (Wildman–Crippen LogP) is 1.54. The highest BCUT2D eigenvalue weighted by Gasteiger charge is 2.11. The van der Waals surface area contributed by atoms with Crippen LogP contribution in [0.25, 0.3) is 0 Å². The number of hydrogen-bond donors (Lipinski definition) is 3. The molecule has 0 aliphatic rings. The molecule has 0 fully saturated rings. The molecule has 0 aromatic heterocycles. The van der Waals surface area contributed by atoms with Crippen molar-refractivity contribution in [2.24, 2.45) is 5.14 Å². The molecule has 0 saturated heterocycles. The first-order valence-corrected chi connectivity index (χ1v) is 8.12. The molecule has 8 heteroatoms. The summed E-state index contributed by atoms with van der Waals surface area (Å²) in [5.41, 5.74) is 1.10. The van der Waals surface area contributed by atoms with Crippen LogP contribution in [0, 0.1) is 0 Å². The van der Waals surface area contributed by atoms with Crippen molar-refractivity contribution in [2.45, 2.75) is 11.8 Å². The molecule has 0 unspecified atom stereocenters. The zero-order valence-corrected chi connectivity index (χ0v) is 13.1. The van der Waals surface area contributed by atoms with Gasteiger partial charge in [-0.2, -0.15) is 0 Å². The van der Waals surface area contributed by atoms with Gasteiger partial charge in [-0.25, -0.2) is 13.6 Å². The molecule has 0 bridgehead atoms. The van der Waals surface area contributed by atoms with Crippen molar-refractivity contribution in [1.82, 2.24) is 0 Å². The molecule has 7 nitrogen and oxygen atoms in total. The normalized spacial score (nSPS) is 10.9. The Balaban J connectivity index is 2.21. The molecule has 2 amide bonds. The predicted molar refractivity (Wildman–Crippen MR) is 86.5 cm³/mol. The number of nitrogens with two attached hydrogens (primary N) is 1. The van der Waals surface area contributed by atoms with Gasteiger partial charge in [0.2, 0.25) is 15.9 Å². The SMILES string of the molecule is CC(=O)Nc1cccc(C(=O)Nc2cccc(S(N)(=O)=O)c2)c1. The largest absolute Gasteiger partial charge is 0.326 e. The number of carbonyl (C=O) groups excluding carboxylic acids is 2. The van der Waals surface area contributed by atoms with Gasteiger partial charge in [0, 0.05) is 23.9 Å². The maximum Gasteiger partial charge on any atom is 0.255 e. The third kappa shape index (κ3) is 4.63. The Kier molecular flexibility index (Phi) is 4.77. The van der Waals surface area contributed by atoms with Crippen LogP contribution in [-0.4, -0.2) is 20.2 Å². The zero-order chi connectivity index (χ0) is 17.0. The van der Waals surface area contributed by atoms with Crippen molar-refractivity contribution < 1.29 is 18.0 Å². The van der Waals surface area contributed by atoms with E-state index in [1.165, 1.54) is 31.2 Å². The van der Waals surface area contributed by atoms with Crippen molar-refractivity contribution in [3.05, 3.63) is 54.1 Å². The van der Waals surface area contributed by atoms with Gasteiger partial charge in [-0.1, -0.05) is 12.1 Å². The third-order valence-electron chi connectivity index (χ3n) is 2.87. The summed E-state index contributed by atoms with van der Waals surface area (Å²) in [5, 5.41) is 10.2. The van der Waals surface area contributed by atoms with Gasteiger partial charge in [0.1, 0.15) is 0 Å². The Bertz CT molecular complexity index is 863. The summed E-state index contributed by atoms with van der Waals surface area (Å²) >= 11 is 0. The minimum absolute atomic E-state index is 0.0951. The van der Waals surface area contributed by atoms with Crippen molar-refractivity contribution >= 4 is 33.2 Å². The zero-order valence-electron chi connectivity index (χ0n) is 12.2. The number of sulfonamides is 1. The van der Waals surface area contributed by atoms with E-state index in [4.69, 9.17) is 5.14 Å². The Morgan fingerprint density at radius 2 is 1.57 bits per heavy atom. The fourth-order valence-electron chi connectivity index (χ4n) is 1.90. The second-order valence-electron chi connectivity index (χ2n) is 4.79. The van der Waals surface area contributed by atoms with E-state index >= 15 is 0 Å². The molecule has 0 radical (unpaired) electrons. The number of carbonyl (C=O) groups is 2. The minimum atomic E-state index is -3.84. The molecule has 0 atom stereocenters. The lowest BCUT2D eigenvalue weighted by Gasteiger charge is -2.08. The smallest absolute Gasteiger partial charge is 0.255 e. The standard InChI is InChI=1S/C15H15N3O4S/c1-10(19)17-12-5-2-4-11(8-12)15(20)18-13-6-3-7-14(9-13)23(16,21)22/h2-9H,1H3,(H,17,19)(H,18,20)(H2,16,21,22). The summed E-state index contributed by atoms with van der Waals surface area (Å²) < 4.78 is 22.6. The number of benzene rings is 2. The highest BCUT2D eigenvalue weighted by Crippen LogP contribution is 2.16. The first-order chi connectivity index (χ1) is 10.8. The molecule has 120 valence electrons. The van der Waals surface area contributed by atoms with Gasteiger partial charge in [-0.3, -0.25) is 9.59 Å². The fraction of sp³-hybridized carbons (Fsp3) is 0.0667. The Hall–Kier alpha value is -2.71. The van der Waals surface area contributed by atoms with Crippen LogP contribution in [0.5, 0.6) is 0 Å². The summed E-state index contributed by atoms with van der Waals surface area (Å²) in [6.07, 6.45) is 0. The second-order valence-corrected chi connectivity index (χ2v) is 6.35. The number of anilines is 2. The van der Waals surface area contributed by atoms with E-state index < -0.39 is 15.9 Å². The lowest BCUT2D eigenvalue weighted by Crippen LogP contribution is -2.15. The number of hydrogen-bond acceptors (Lipinski definition) is 4. The van der Waals surface area contributed by atoms with Gasteiger partial charge in [0.25, 0.3) is 5.91 Å². The molecule has 4 N–H and O–H groups in total. The monoisotopic (exact) mass is 333 g/mol. The van der Waals surface area contributed by atoms with E-state index in [1.54, 1.807) is 24.3 Å². The maximum absolute atomic E-state index is 12.2. The number of nitrogens with one attached hydrogen (secondary N) is 2. The van der Waals surface area contributed by atoms with Crippen LogP contribution >= 0.6 is 0 Å². The topological polar surface area (TPSA) is 118 Å². The average molecular weight is 333 g/mol. The number of amides is 2. The molecule has 0 spiro atoms. The van der Waals surface area contributed by atoms with Gasteiger partial charge in [-0.15, -0.1) is 0 Å². The van der Waals surface area contributed by atoms with Crippen molar-refractivity contribution in [1.29, 1.82) is 0 Å². The van der Waals surface area contributed by atoms with Gasteiger partial charge in [0.15, 0.2) is 0 Å². The average Bonchev–Trinajstić information content (AvgIpc) is 2.46. The van der Waals surface area contributed by atoms with Crippen LogP contribution in [-0.2, 0) is 14.8 Å². The van der Waals surface area contributed by atoms with E-state index in [1.807, 2.05) is 0 Å². The van der Waals surface area contributed by atoms with E-state index in [0.29, 0.717) is 16.9 Å². The quantitative estimate of drug-likeness (QED) is 0.786. The number of rotatable bonds is 4. The number of primary sulfonamides is 1. The van der Waals surface area contributed by atoms with Gasteiger partial charge < -0.3 is 10.6 Å². The molecule has 2 aromatic carbocycles. The van der Waals surface area contributed by atoms with Crippen LogP contribution < -0.4 is 15.8 Å². The summed E-state index contributed by atoms with van der Waals surface area (Å²) in [5.74, 6) is -0.688. The van der Waals surface area contributed by atoms with Gasteiger partial charge >= 0.3 is 0 Å². The fourth-order valence-corrected chi connectivity index (χ4v) is 2.46. The maximum atomic E-state index is 12.2. The van der Waals surface area contributed by atoms with Crippen LogP contribution in [0.1, 0.15) is 17.3 Å². The lowest BCUT2D eigenvalue weighted by molar-refractivity contribution is -0.114. The highest BCUT2D eigenvalue weighted by atomic mass is 32.2. The molecule has 0 aliphatic heterocycles.